The van der Waals surface area contributed by atoms with Gasteiger partial charge in [-0.05, 0) is 25.3 Å². The van der Waals surface area contributed by atoms with Crippen LogP contribution < -0.4 is 5.32 Å². The van der Waals surface area contributed by atoms with Crippen LogP contribution in [0.25, 0.3) is 0 Å². The van der Waals surface area contributed by atoms with Gasteiger partial charge in [0.05, 0.1) is 0 Å². The van der Waals surface area contributed by atoms with Gasteiger partial charge >= 0.3 is 5.97 Å². The maximum Gasteiger partial charge on any atom is 0.326 e. The second-order valence-corrected chi connectivity index (χ2v) is 3.47. The van der Waals surface area contributed by atoms with E-state index < -0.39 is 0 Å². The topological polar surface area (TPSA) is 38.3 Å². The van der Waals surface area contributed by atoms with E-state index in [1.165, 1.54) is 0 Å². The van der Waals surface area contributed by atoms with Crippen molar-refractivity contribution < 1.29 is 9.53 Å². The lowest BCUT2D eigenvalue weighted by Crippen LogP contribution is -2.38. The molecule has 1 aliphatic heterocycles. The first-order valence-corrected chi connectivity index (χ1v) is 4.33. The van der Waals surface area contributed by atoms with Crippen molar-refractivity contribution in [1.82, 2.24) is 5.32 Å². The van der Waals surface area contributed by atoms with Gasteiger partial charge in [0.2, 0.25) is 0 Å². The van der Waals surface area contributed by atoms with Crippen LogP contribution in [0.4, 0.5) is 0 Å². The van der Waals surface area contributed by atoms with Crippen LogP contribution in [0, 0.1) is 5.92 Å². The number of fused-ring (bicyclic) bond motifs is 1. The number of piperidine rings is 1. The number of nitrogens with one attached hydrogen (secondary N) is 1. The molecule has 0 aromatic carbocycles. The van der Waals surface area contributed by atoms with Crippen LogP contribution in [0.2, 0.25) is 0 Å². The minimum atomic E-state index is -0.289. The van der Waals surface area contributed by atoms with E-state index in [-0.39, 0.29) is 11.5 Å². The first-order chi connectivity index (χ1) is 5.79. The fraction of sp³-hybridized carbons (Fsp3) is 0.667. The highest BCUT2D eigenvalue weighted by Gasteiger charge is 2.63. The van der Waals surface area contributed by atoms with E-state index in [4.69, 9.17) is 4.74 Å². The van der Waals surface area contributed by atoms with Crippen molar-refractivity contribution in [1.29, 1.82) is 0 Å². The predicted octanol–water partition coefficient (Wildman–Crippen LogP) is 0.468. The second kappa shape index (κ2) is 2.59. The molecule has 2 rings (SSSR count). The maximum atomic E-state index is 11.4. The van der Waals surface area contributed by atoms with Crippen LogP contribution in [0.15, 0.2) is 12.7 Å². The fourth-order valence-corrected chi connectivity index (χ4v) is 1.95. The quantitative estimate of drug-likeness (QED) is 0.490. The van der Waals surface area contributed by atoms with E-state index in [0.29, 0.717) is 12.5 Å². The summed E-state index contributed by atoms with van der Waals surface area (Å²) in [5, 5.41) is 3.21. The molecule has 0 bridgehead atoms. The van der Waals surface area contributed by atoms with Crippen LogP contribution in [-0.2, 0) is 9.53 Å². The molecular formula is C9H13NO2. The summed E-state index contributed by atoms with van der Waals surface area (Å²) in [7, 11) is 0. The molecule has 1 heterocycles. The molecule has 2 fully saturated rings. The number of hydrogen-bond acceptors (Lipinski definition) is 3. The van der Waals surface area contributed by atoms with E-state index in [1.807, 2.05) is 0 Å². The molecule has 0 spiro atoms. The number of esters is 1. The zero-order valence-corrected chi connectivity index (χ0v) is 7.01. The van der Waals surface area contributed by atoms with Crippen LogP contribution in [-0.4, -0.2) is 24.7 Å². The molecule has 1 aliphatic carbocycles. The number of carbonyl (C=O) groups is 1. The molecule has 1 saturated heterocycles. The molecule has 0 aromatic rings. The average Bonchev–Trinajstić information content (AvgIpc) is 2.66. The van der Waals surface area contributed by atoms with Crippen molar-refractivity contribution in [3.05, 3.63) is 12.7 Å². The SMILES string of the molecule is C=CCOC(=O)C12CC1CCN2. The van der Waals surface area contributed by atoms with E-state index in [9.17, 15) is 4.79 Å². The van der Waals surface area contributed by atoms with Gasteiger partial charge < -0.3 is 10.1 Å². The molecular weight excluding hydrogens is 154 g/mol. The number of hydrogen-bond donors (Lipinski definition) is 1. The molecule has 0 aromatic heterocycles. The van der Waals surface area contributed by atoms with E-state index in [0.717, 1.165) is 19.4 Å². The minimum absolute atomic E-state index is 0.0927. The number of carbonyl (C=O) groups excluding carboxylic acids is 1. The van der Waals surface area contributed by atoms with Gasteiger partial charge in [-0.3, -0.25) is 4.79 Å². The Morgan fingerprint density at radius 3 is 3.17 bits per heavy atom. The Morgan fingerprint density at radius 1 is 1.83 bits per heavy atom. The third-order valence-corrected chi connectivity index (χ3v) is 2.73. The molecule has 0 amide bonds. The Balaban J connectivity index is 1.92. The molecule has 2 aliphatic rings. The Morgan fingerprint density at radius 2 is 2.67 bits per heavy atom. The average molecular weight is 167 g/mol. The van der Waals surface area contributed by atoms with Gasteiger partial charge in [-0.25, -0.2) is 0 Å². The van der Waals surface area contributed by atoms with Crippen LogP contribution in [0.3, 0.4) is 0 Å². The Kier molecular flexibility index (Phi) is 1.68. The first kappa shape index (κ1) is 7.80. The summed E-state index contributed by atoms with van der Waals surface area (Å²) in [6, 6.07) is 0. The fourth-order valence-electron chi connectivity index (χ4n) is 1.95. The highest BCUT2D eigenvalue weighted by molar-refractivity contribution is 5.85. The third-order valence-electron chi connectivity index (χ3n) is 2.73. The Bertz CT molecular complexity index is 227. The largest absolute Gasteiger partial charge is 0.460 e. The highest BCUT2D eigenvalue weighted by Crippen LogP contribution is 2.50. The minimum Gasteiger partial charge on any atom is -0.460 e. The van der Waals surface area contributed by atoms with Crippen LogP contribution >= 0.6 is 0 Å². The van der Waals surface area contributed by atoms with Gasteiger partial charge in [-0.15, -0.1) is 0 Å². The van der Waals surface area contributed by atoms with E-state index >= 15 is 0 Å². The van der Waals surface area contributed by atoms with Crippen molar-refractivity contribution in [2.24, 2.45) is 5.92 Å². The molecule has 3 heteroatoms. The highest BCUT2D eigenvalue weighted by atomic mass is 16.5. The molecule has 1 N–H and O–H groups in total. The van der Waals surface area contributed by atoms with Crippen molar-refractivity contribution >= 4 is 5.97 Å². The van der Waals surface area contributed by atoms with Gasteiger partial charge in [-0.1, -0.05) is 12.7 Å². The van der Waals surface area contributed by atoms with Crippen LogP contribution in [0.1, 0.15) is 12.8 Å². The Hall–Kier alpha value is -0.830. The van der Waals surface area contributed by atoms with Gasteiger partial charge in [-0.2, -0.15) is 0 Å². The molecule has 2 unspecified atom stereocenters. The normalized spacial score (nSPS) is 37.2. The third kappa shape index (κ3) is 0.966. The summed E-state index contributed by atoms with van der Waals surface area (Å²) in [6.45, 7) is 4.78. The van der Waals surface area contributed by atoms with Gasteiger partial charge in [0.25, 0.3) is 0 Å². The zero-order chi connectivity index (χ0) is 8.60. The molecule has 3 nitrogen and oxygen atoms in total. The zero-order valence-electron chi connectivity index (χ0n) is 7.01. The molecule has 1 saturated carbocycles. The summed E-state index contributed by atoms with van der Waals surface area (Å²) in [4.78, 5) is 11.4. The lowest BCUT2D eigenvalue weighted by Gasteiger charge is -2.11. The van der Waals surface area contributed by atoms with E-state index in [2.05, 4.69) is 11.9 Å². The van der Waals surface area contributed by atoms with E-state index in [1.54, 1.807) is 6.08 Å². The monoisotopic (exact) mass is 167 g/mol. The lowest BCUT2D eigenvalue weighted by molar-refractivity contribution is -0.146. The summed E-state index contributed by atoms with van der Waals surface area (Å²) < 4.78 is 5.00. The second-order valence-electron chi connectivity index (χ2n) is 3.47. The van der Waals surface area contributed by atoms with Crippen molar-refractivity contribution in [3.63, 3.8) is 0 Å². The maximum absolute atomic E-state index is 11.4. The summed E-state index contributed by atoms with van der Waals surface area (Å²) >= 11 is 0. The molecule has 2 atom stereocenters. The lowest BCUT2D eigenvalue weighted by atomic mass is 10.2. The molecule has 12 heavy (non-hydrogen) atoms. The first-order valence-electron chi connectivity index (χ1n) is 4.33. The van der Waals surface area contributed by atoms with Gasteiger partial charge in [0, 0.05) is 0 Å². The summed E-state index contributed by atoms with van der Waals surface area (Å²) in [5.74, 6) is 0.444. The van der Waals surface area contributed by atoms with Crippen molar-refractivity contribution in [3.8, 4) is 0 Å². The summed E-state index contributed by atoms with van der Waals surface area (Å²) in [5.41, 5.74) is -0.289. The van der Waals surface area contributed by atoms with Crippen molar-refractivity contribution in [2.75, 3.05) is 13.2 Å². The van der Waals surface area contributed by atoms with Crippen LogP contribution in [0.5, 0.6) is 0 Å². The molecule has 66 valence electrons. The standard InChI is InChI=1S/C9H13NO2/c1-2-5-12-8(11)9-6-7(9)3-4-10-9/h2,7,10H,1,3-6H2. The Labute approximate surface area is 71.8 Å². The number of ether oxygens (including phenoxy) is 1. The summed E-state index contributed by atoms with van der Waals surface area (Å²) in [6.07, 6.45) is 3.67. The predicted molar refractivity (Wildman–Crippen MR) is 44.6 cm³/mol. The van der Waals surface area contributed by atoms with Gasteiger partial charge in [0.15, 0.2) is 0 Å². The smallest absolute Gasteiger partial charge is 0.326 e. The molecule has 0 radical (unpaired) electrons. The van der Waals surface area contributed by atoms with Crippen molar-refractivity contribution in [2.45, 2.75) is 18.4 Å². The van der Waals surface area contributed by atoms with Gasteiger partial charge in [0.1, 0.15) is 12.1 Å². The number of rotatable bonds is 3.